The highest BCUT2D eigenvalue weighted by Gasteiger charge is 2.11. The van der Waals surface area contributed by atoms with E-state index in [1.165, 1.54) is 7.11 Å². The first-order valence-corrected chi connectivity index (χ1v) is 4.99. The van der Waals surface area contributed by atoms with Crippen molar-refractivity contribution in [2.45, 2.75) is 0 Å². The summed E-state index contributed by atoms with van der Waals surface area (Å²) in [6.07, 6.45) is -1.24. The lowest BCUT2D eigenvalue weighted by Crippen LogP contribution is -2.11. The highest BCUT2D eigenvalue weighted by atomic mass is 35.5. The van der Waals surface area contributed by atoms with Crippen LogP contribution in [0, 0.1) is 0 Å². The quantitative estimate of drug-likeness (QED) is 0.858. The molecular weight excluding hydrogens is 246 g/mol. The van der Waals surface area contributed by atoms with Crippen molar-refractivity contribution in [1.82, 2.24) is 9.97 Å². The van der Waals surface area contributed by atoms with Gasteiger partial charge < -0.3 is 9.84 Å². The largest absolute Gasteiger partial charge is 0.478 e. The van der Waals surface area contributed by atoms with Crippen LogP contribution in [0.3, 0.4) is 0 Å². The van der Waals surface area contributed by atoms with Gasteiger partial charge in [0.25, 0.3) is 5.88 Å². The van der Waals surface area contributed by atoms with Crippen molar-refractivity contribution in [2.24, 2.45) is 0 Å². The molecule has 0 aliphatic carbocycles. The Kier molecular flexibility index (Phi) is 2.97. The Morgan fingerprint density at radius 3 is 2.82 bits per heavy atom. The summed E-state index contributed by atoms with van der Waals surface area (Å²) in [5.41, 5.74) is 1.06. The van der Waals surface area contributed by atoms with Gasteiger partial charge in [-0.1, -0.05) is 11.6 Å². The van der Waals surface area contributed by atoms with Crippen LogP contribution >= 0.6 is 11.6 Å². The van der Waals surface area contributed by atoms with Crippen molar-refractivity contribution in [3.8, 4) is 5.88 Å². The smallest absolute Gasteiger partial charge is 0.410 e. The average molecular weight is 254 g/mol. The maximum absolute atomic E-state index is 10.6. The SMILES string of the molecule is COc1nc2ccc(Cl)cc2nc1NC(=O)O. The van der Waals surface area contributed by atoms with Crippen LogP contribution in [0.5, 0.6) is 5.88 Å². The Morgan fingerprint density at radius 1 is 1.41 bits per heavy atom. The maximum Gasteiger partial charge on any atom is 0.410 e. The summed E-state index contributed by atoms with van der Waals surface area (Å²) in [4.78, 5) is 18.8. The number of methoxy groups -OCH3 is 1. The molecule has 1 aromatic carbocycles. The predicted octanol–water partition coefficient (Wildman–Crippen LogP) is 2.38. The number of hydrogen-bond acceptors (Lipinski definition) is 4. The Morgan fingerprint density at radius 2 is 2.18 bits per heavy atom. The number of carbonyl (C=O) groups is 1. The fraction of sp³-hybridized carbons (Fsp3) is 0.100. The molecule has 17 heavy (non-hydrogen) atoms. The molecular formula is C10H8ClN3O3. The lowest BCUT2D eigenvalue weighted by molar-refractivity contribution is 0.209. The number of rotatable bonds is 2. The monoisotopic (exact) mass is 253 g/mol. The van der Waals surface area contributed by atoms with Gasteiger partial charge in [0.15, 0.2) is 5.82 Å². The molecule has 0 aliphatic rings. The van der Waals surface area contributed by atoms with Crippen molar-refractivity contribution >= 4 is 34.5 Å². The van der Waals surface area contributed by atoms with E-state index in [4.69, 9.17) is 21.4 Å². The Labute approximate surface area is 101 Å². The molecule has 6 nitrogen and oxygen atoms in total. The first-order chi connectivity index (χ1) is 8.10. The zero-order chi connectivity index (χ0) is 12.4. The lowest BCUT2D eigenvalue weighted by Gasteiger charge is -2.07. The number of fused-ring (bicyclic) bond motifs is 1. The number of nitrogens with zero attached hydrogens (tertiary/aromatic N) is 2. The van der Waals surface area contributed by atoms with Crippen LogP contribution in [0.1, 0.15) is 0 Å². The van der Waals surface area contributed by atoms with E-state index in [0.717, 1.165) is 0 Å². The van der Waals surface area contributed by atoms with Crippen LogP contribution in [-0.2, 0) is 0 Å². The van der Waals surface area contributed by atoms with Crippen molar-refractivity contribution in [3.63, 3.8) is 0 Å². The summed E-state index contributed by atoms with van der Waals surface area (Å²) in [6.45, 7) is 0. The summed E-state index contributed by atoms with van der Waals surface area (Å²) in [5, 5.41) is 11.3. The fourth-order valence-corrected chi connectivity index (χ4v) is 1.50. The highest BCUT2D eigenvalue weighted by Crippen LogP contribution is 2.24. The van der Waals surface area contributed by atoms with E-state index in [1.54, 1.807) is 18.2 Å². The molecule has 0 atom stereocenters. The second kappa shape index (κ2) is 4.42. The second-order valence-electron chi connectivity index (χ2n) is 3.14. The van der Waals surface area contributed by atoms with E-state index in [2.05, 4.69) is 15.3 Å². The number of carboxylic acid groups (broad SMARTS) is 1. The number of aromatic nitrogens is 2. The van der Waals surface area contributed by atoms with Gasteiger partial charge >= 0.3 is 6.09 Å². The van der Waals surface area contributed by atoms with Crippen molar-refractivity contribution in [2.75, 3.05) is 12.4 Å². The number of nitrogens with one attached hydrogen (secondary N) is 1. The fourth-order valence-electron chi connectivity index (χ4n) is 1.34. The zero-order valence-electron chi connectivity index (χ0n) is 8.77. The summed E-state index contributed by atoms with van der Waals surface area (Å²) in [6, 6.07) is 4.94. The number of amides is 1. The minimum absolute atomic E-state index is 0.0368. The molecule has 0 unspecified atom stereocenters. The number of hydrogen-bond donors (Lipinski definition) is 2. The van der Waals surface area contributed by atoms with Gasteiger partial charge in [0.2, 0.25) is 0 Å². The van der Waals surface area contributed by atoms with E-state index in [-0.39, 0.29) is 11.7 Å². The van der Waals surface area contributed by atoms with Crippen molar-refractivity contribution in [3.05, 3.63) is 23.2 Å². The lowest BCUT2D eigenvalue weighted by atomic mass is 10.3. The molecule has 0 aliphatic heterocycles. The van der Waals surface area contributed by atoms with Crippen LogP contribution < -0.4 is 10.1 Å². The molecule has 2 N–H and O–H groups in total. The molecule has 0 radical (unpaired) electrons. The standard InChI is InChI=1S/C10H8ClN3O3/c1-17-9-8(14-10(15)16)12-7-4-5(11)2-3-6(7)13-9/h2-4H,1H3,(H,12,14)(H,15,16). The Bertz CT molecular complexity index is 588. The normalized spacial score (nSPS) is 10.2. The topological polar surface area (TPSA) is 84.3 Å². The van der Waals surface area contributed by atoms with E-state index >= 15 is 0 Å². The van der Waals surface area contributed by atoms with Gasteiger partial charge in [0.05, 0.1) is 18.1 Å². The molecule has 1 amide bonds. The van der Waals surface area contributed by atoms with Crippen LogP contribution in [-0.4, -0.2) is 28.3 Å². The second-order valence-corrected chi connectivity index (χ2v) is 3.58. The van der Waals surface area contributed by atoms with Crippen molar-refractivity contribution < 1.29 is 14.6 Å². The first kappa shape index (κ1) is 11.4. The molecule has 2 aromatic rings. The molecule has 1 heterocycles. The number of halogens is 1. The molecule has 2 rings (SSSR count). The molecule has 0 spiro atoms. The summed E-state index contributed by atoms with van der Waals surface area (Å²) >= 11 is 5.81. The van der Waals surface area contributed by atoms with E-state index in [0.29, 0.717) is 16.1 Å². The molecule has 0 fully saturated rings. The molecule has 1 aromatic heterocycles. The minimum atomic E-state index is -1.24. The van der Waals surface area contributed by atoms with E-state index < -0.39 is 6.09 Å². The predicted molar refractivity (Wildman–Crippen MR) is 62.7 cm³/mol. The van der Waals surface area contributed by atoms with Crippen LogP contribution in [0.15, 0.2) is 18.2 Å². The van der Waals surface area contributed by atoms with Crippen LogP contribution in [0.4, 0.5) is 10.6 Å². The summed E-state index contributed by atoms with van der Waals surface area (Å²) in [5.74, 6) is 0.150. The summed E-state index contributed by atoms with van der Waals surface area (Å²) < 4.78 is 4.95. The van der Waals surface area contributed by atoms with Gasteiger partial charge in [-0.25, -0.2) is 14.8 Å². The number of ether oxygens (including phenoxy) is 1. The third kappa shape index (κ3) is 2.36. The maximum atomic E-state index is 10.6. The van der Waals surface area contributed by atoms with Gasteiger partial charge in [0.1, 0.15) is 0 Å². The first-order valence-electron chi connectivity index (χ1n) is 4.61. The van der Waals surface area contributed by atoms with E-state index in [1.807, 2.05) is 0 Å². The third-order valence-corrected chi connectivity index (χ3v) is 2.25. The van der Waals surface area contributed by atoms with Gasteiger partial charge in [-0.3, -0.25) is 5.32 Å². The van der Waals surface area contributed by atoms with Gasteiger partial charge in [-0.2, -0.15) is 0 Å². The highest BCUT2D eigenvalue weighted by molar-refractivity contribution is 6.31. The number of anilines is 1. The molecule has 0 bridgehead atoms. The molecule has 0 saturated carbocycles. The molecule has 0 saturated heterocycles. The summed E-state index contributed by atoms with van der Waals surface area (Å²) in [7, 11) is 1.39. The van der Waals surface area contributed by atoms with Gasteiger partial charge in [-0.15, -0.1) is 0 Å². The zero-order valence-corrected chi connectivity index (χ0v) is 9.52. The third-order valence-electron chi connectivity index (χ3n) is 2.01. The van der Waals surface area contributed by atoms with Crippen LogP contribution in [0.2, 0.25) is 5.02 Å². The Hall–Kier alpha value is -2.08. The minimum Gasteiger partial charge on any atom is -0.478 e. The molecule has 7 heteroatoms. The van der Waals surface area contributed by atoms with Gasteiger partial charge in [-0.05, 0) is 18.2 Å². The van der Waals surface area contributed by atoms with Crippen LogP contribution in [0.25, 0.3) is 11.0 Å². The molecule has 88 valence electrons. The van der Waals surface area contributed by atoms with E-state index in [9.17, 15) is 4.79 Å². The van der Waals surface area contributed by atoms with Crippen molar-refractivity contribution in [1.29, 1.82) is 0 Å². The Balaban J connectivity index is 2.60. The average Bonchev–Trinajstić information content (AvgIpc) is 2.27. The van der Waals surface area contributed by atoms with Gasteiger partial charge in [0, 0.05) is 5.02 Å². The number of benzene rings is 1.